The summed E-state index contributed by atoms with van der Waals surface area (Å²) in [5.74, 6) is -0.321. The fourth-order valence-corrected chi connectivity index (χ4v) is 3.33. The van der Waals surface area contributed by atoms with Crippen LogP contribution in [0.1, 0.15) is 57.9 Å². The van der Waals surface area contributed by atoms with Crippen molar-refractivity contribution < 1.29 is 22.8 Å². The van der Waals surface area contributed by atoms with Gasteiger partial charge in [0.25, 0.3) is 11.8 Å². The SMILES string of the molecule is C[C@H](NC(=O)c1cc(Cl)cc(C(F)(F)F)c1)c1ncnn1-c1ccc(C(=O)NC2CC2)cn1.S. The van der Waals surface area contributed by atoms with Gasteiger partial charge in [0.2, 0.25) is 0 Å². The van der Waals surface area contributed by atoms with E-state index in [1.165, 1.54) is 17.2 Å². The van der Waals surface area contributed by atoms with Crippen LogP contribution < -0.4 is 10.6 Å². The first-order valence-corrected chi connectivity index (χ1v) is 10.4. The first-order valence-electron chi connectivity index (χ1n) is 9.97. The van der Waals surface area contributed by atoms with E-state index in [-0.39, 0.29) is 36.0 Å². The Balaban J connectivity index is 0.00000324. The number of nitrogens with zero attached hydrogens (tertiary/aromatic N) is 4. The van der Waals surface area contributed by atoms with Crippen molar-refractivity contribution in [2.75, 3.05) is 0 Å². The fourth-order valence-electron chi connectivity index (χ4n) is 3.09. The number of pyridine rings is 1. The first kappa shape index (κ1) is 25.5. The predicted octanol–water partition coefficient (Wildman–Crippen LogP) is 3.83. The van der Waals surface area contributed by atoms with Gasteiger partial charge in [-0.3, -0.25) is 9.59 Å². The lowest BCUT2D eigenvalue weighted by molar-refractivity contribution is -0.137. The number of rotatable bonds is 6. The van der Waals surface area contributed by atoms with Crippen LogP contribution in [-0.4, -0.2) is 37.6 Å². The quantitative estimate of drug-likeness (QED) is 0.522. The van der Waals surface area contributed by atoms with Crippen molar-refractivity contribution in [2.24, 2.45) is 0 Å². The third-order valence-electron chi connectivity index (χ3n) is 4.94. The third kappa shape index (κ3) is 5.86. The Morgan fingerprint density at radius 1 is 1.12 bits per heavy atom. The molecule has 1 aliphatic rings. The molecule has 2 amide bonds. The van der Waals surface area contributed by atoms with Gasteiger partial charge < -0.3 is 10.6 Å². The molecular weight excluding hydrogens is 493 g/mol. The van der Waals surface area contributed by atoms with Gasteiger partial charge in [-0.1, -0.05) is 11.6 Å². The van der Waals surface area contributed by atoms with Crippen LogP contribution >= 0.6 is 25.1 Å². The predicted molar refractivity (Wildman–Crippen MR) is 122 cm³/mol. The number of nitrogens with one attached hydrogen (secondary N) is 2. The molecule has 1 aromatic carbocycles. The zero-order valence-corrected chi connectivity index (χ0v) is 19.5. The van der Waals surface area contributed by atoms with Crippen molar-refractivity contribution in [3.8, 4) is 5.82 Å². The first-order chi connectivity index (χ1) is 15.6. The van der Waals surface area contributed by atoms with Gasteiger partial charge in [0, 0.05) is 22.8 Å². The summed E-state index contributed by atoms with van der Waals surface area (Å²) in [6, 6.07) is 5.30. The maximum Gasteiger partial charge on any atom is 0.416 e. The minimum absolute atomic E-state index is 0. The Bertz CT molecular complexity index is 1200. The van der Waals surface area contributed by atoms with E-state index >= 15 is 0 Å². The molecule has 0 saturated heterocycles. The monoisotopic (exact) mass is 512 g/mol. The smallest absolute Gasteiger partial charge is 0.349 e. The van der Waals surface area contributed by atoms with Crippen LogP contribution in [0.25, 0.3) is 5.82 Å². The van der Waals surface area contributed by atoms with Crippen molar-refractivity contribution in [2.45, 2.75) is 38.0 Å². The van der Waals surface area contributed by atoms with E-state index in [0.29, 0.717) is 17.2 Å². The summed E-state index contributed by atoms with van der Waals surface area (Å²) in [7, 11) is 0. The number of aromatic nitrogens is 4. The Hall–Kier alpha value is -3.12. The second-order valence-corrected chi connectivity index (χ2v) is 8.04. The highest BCUT2D eigenvalue weighted by Gasteiger charge is 2.32. The number of alkyl halides is 3. The molecule has 1 atom stereocenters. The normalized spacial score (nSPS) is 14.1. The molecule has 2 aromatic heterocycles. The summed E-state index contributed by atoms with van der Waals surface area (Å²) in [6.45, 7) is 1.60. The molecule has 3 aromatic rings. The van der Waals surface area contributed by atoms with Gasteiger partial charge >= 0.3 is 6.18 Å². The van der Waals surface area contributed by atoms with E-state index in [0.717, 1.165) is 31.0 Å². The number of halogens is 4. The fraction of sp³-hybridized carbons (Fsp3) is 0.286. The van der Waals surface area contributed by atoms with E-state index in [4.69, 9.17) is 11.6 Å². The van der Waals surface area contributed by atoms with E-state index in [1.807, 2.05) is 0 Å². The molecule has 0 unspecified atom stereocenters. The van der Waals surface area contributed by atoms with Gasteiger partial charge in [0.15, 0.2) is 11.6 Å². The molecule has 0 radical (unpaired) electrons. The maximum atomic E-state index is 13.0. The molecule has 8 nitrogen and oxygen atoms in total. The minimum Gasteiger partial charge on any atom is -0.349 e. The van der Waals surface area contributed by atoms with Gasteiger partial charge in [-0.15, -0.1) is 0 Å². The Kier molecular flexibility index (Phi) is 7.51. The summed E-state index contributed by atoms with van der Waals surface area (Å²) in [5.41, 5.74) is -0.863. The molecule has 0 aliphatic heterocycles. The average molecular weight is 513 g/mol. The molecule has 1 fully saturated rings. The average Bonchev–Trinajstić information content (AvgIpc) is 3.44. The number of carbonyl (C=O) groups is 2. The molecular formula is C21H20ClF3N6O2S. The van der Waals surface area contributed by atoms with Crippen LogP contribution in [0.15, 0.2) is 42.9 Å². The van der Waals surface area contributed by atoms with Gasteiger partial charge in [0.1, 0.15) is 6.33 Å². The van der Waals surface area contributed by atoms with Crippen molar-refractivity contribution >= 4 is 36.9 Å². The molecule has 0 bridgehead atoms. The van der Waals surface area contributed by atoms with Crippen molar-refractivity contribution in [3.63, 3.8) is 0 Å². The lowest BCUT2D eigenvalue weighted by atomic mass is 10.1. The molecule has 2 N–H and O–H groups in total. The van der Waals surface area contributed by atoms with Crippen LogP contribution in [0.2, 0.25) is 5.02 Å². The number of hydrogen-bond acceptors (Lipinski definition) is 5. The zero-order valence-electron chi connectivity index (χ0n) is 17.7. The highest BCUT2D eigenvalue weighted by Crippen LogP contribution is 2.32. The summed E-state index contributed by atoms with van der Waals surface area (Å²) < 4.78 is 40.5. The topological polar surface area (TPSA) is 102 Å². The minimum atomic E-state index is -4.64. The molecule has 0 spiro atoms. The number of carbonyl (C=O) groups excluding carboxylic acids is 2. The van der Waals surface area contributed by atoms with Crippen LogP contribution in [0.4, 0.5) is 13.2 Å². The second kappa shape index (κ2) is 10.0. The van der Waals surface area contributed by atoms with Crippen LogP contribution in [0.3, 0.4) is 0 Å². The van der Waals surface area contributed by atoms with Crippen LogP contribution in [0, 0.1) is 0 Å². The van der Waals surface area contributed by atoms with Crippen LogP contribution in [-0.2, 0) is 6.18 Å². The van der Waals surface area contributed by atoms with E-state index in [1.54, 1.807) is 19.1 Å². The molecule has 2 heterocycles. The van der Waals surface area contributed by atoms with Crippen molar-refractivity contribution in [1.82, 2.24) is 30.4 Å². The van der Waals surface area contributed by atoms with Gasteiger partial charge in [-0.2, -0.15) is 36.4 Å². The maximum absolute atomic E-state index is 13.0. The summed E-state index contributed by atoms with van der Waals surface area (Å²) in [6.07, 6.45) is -0.0359. The van der Waals surface area contributed by atoms with Crippen molar-refractivity contribution in [3.05, 3.63) is 70.4 Å². The molecule has 1 aliphatic carbocycles. The van der Waals surface area contributed by atoms with Crippen molar-refractivity contribution in [1.29, 1.82) is 0 Å². The van der Waals surface area contributed by atoms with Gasteiger partial charge in [0.05, 0.1) is 17.2 Å². The molecule has 34 heavy (non-hydrogen) atoms. The lowest BCUT2D eigenvalue weighted by Crippen LogP contribution is -2.29. The molecule has 4 rings (SSSR count). The van der Waals surface area contributed by atoms with Gasteiger partial charge in [-0.05, 0) is 50.1 Å². The standard InChI is InChI=1S/C21H18ClF3N6O2.H2S/c1-11(29-20(33)13-6-14(21(23,24)25)8-15(22)7-13)18-27-10-28-31(18)17-5-2-12(9-26-17)19(32)30-16-3-4-16;/h2,5-11,16H,3-4H2,1H3,(H,29,33)(H,30,32);1H2/t11-;/m0./s1. The number of benzene rings is 1. The highest BCUT2D eigenvalue weighted by molar-refractivity contribution is 7.59. The summed E-state index contributed by atoms with van der Waals surface area (Å²) in [5, 5.41) is 9.35. The van der Waals surface area contributed by atoms with Crippen LogP contribution in [0.5, 0.6) is 0 Å². The van der Waals surface area contributed by atoms with E-state index in [2.05, 4.69) is 25.7 Å². The Morgan fingerprint density at radius 2 is 1.85 bits per heavy atom. The third-order valence-corrected chi connectivity index (χ3v) is 5.15. The second-order valence-electron chi connectivity index (χ2n) is 7.60. The largest absolute Gasteiger partial charge is 0.416 e. The lowest BCUT2D eigenvalue weighted by Gasteiger charge is -2.15. The van der Waals surface area contributed by atoms with E-state index in [9.17, 15) is 22.8 Å². The molecule has 13 heteroatoms. The molecule has 1 saturated carbocycles. The van der Waals surface area contributed by atoms with E-state index < -0.39 is 23.7 Å². The number of amides is 2. The number of hydrogen-bond donors (Lipinski definition) is 2. The Morgan fingerprint density at radius 3 is 2.47 bits per heavy atom. The Labute approximate surface area is 204 Å². The highest BCUT2D eigenvalue weighted by atomic mass is 35.5. The van der Waals surface area contributed by atoms with Gasteiger partial charge in [-0.25, -0.2) is 9.97 Å². The zero-order chi connectivity index (χ0) is 23.8. The molecule has 180 valence electrons. The summed E-state index contributed by atoms with van der Waals surface area (Å²) >= 11 is 5.76. The summed E-state index contributed by atoms with van der Waals surface area (Å²) in [4.78, 5) is 33.1.